The summed E-state index contributed by atoms with van der Waals surface area (Å²) in [5.74, 6) is 0.128. The molecule has 122 valence electrons. The number of rotatable bonds is 7. The summed E-state index contributed by atoms with van der Waals surface area (Å²) >= 11 is 2.64. The Bertz CT molecular complexity index is 658. The molecular formula is C12H18N4O3S3. The first-order chi connectivity index (χ1) is 10.3. The van der Waals surface area contributed by atoms with Gasteiger partial charge in [0.1, 0.15) is 0 Å². The van der Waals surface area contributed by atoms with Crippen LogP contribution in [0.15, 0.2) is 17.0 Å². The average Bonchev–Trinajstić information content (AvgIpc) is 2.98. The van der Waals surface area contributed by atoms with Crippen molar-refractivity contribution in [3.63, 3.8) is 0 Å². The molecule has 0 bridgehead atoms. The van der Waals surface area contributed by atoms with Crippen molar-refractivity contribution in [1.82, 2.24) is 15.5 Å². The molecule has 1 aromatic rings. The summed E-state index contributed by atoms with van der Waals surface area (Å²) in [6, 6.07) is 0. The Morgan fingerprint density at radius 1 is 1.55 bits per heavy atom. The quantitative estimate of drug-likeness (QED) is 0.549. The number of hydrogen-bond acceptors (Lipinski definition) is 8. The number of hydrogen-bond donors (Lipinski definition) is 2. The lowest BCUT2D eigenvalue weighted by Gasteiger charge is -2.23. The Morgan fingerprint density at radius 2 is 2.32 bits per heavy atom. The maximum Gasteiger partial charge on any atom is 0.230 e. The van der Waals surface area contributed by atoms with Crippen molar-refractivity contribution in [3.8, 4) is 0 Å². The number of aromatic nitrogens is 2. The zero-order valence-electron chi connectivity index (χ0n) is 12.2. The van der Waals surface area contributed by atoms with Crippen molar-refractivity contribution < 1.29 is 13.2 Å². The van der Waals surface area contributed by atoms with E-state index in [1.807, 2.05) is 0 Å². The van der Waals surface area contributed by atoms with Gasteiger partial charge in [-0.1, -0.05) is 29.2 Å². The number of sulfone groups is 1. The second-order valence-electron chi connectivity index (χ2n) is 5.28. The molecule has 10 heteroatoms. The maximum atomic E-state index is 12.0. The van der Waals surface area contributed by atoms with Gasteiger partial charge in [-0.3, -0.25) is 4.79 Å². The van der Waals surface area contributed by atoms with Crippen molar-refractivity contribution in [1.29, 1.82) is 0 Å². The molecule has 1 amide bonds. The van der Waals surface area contributed by atoms with E-state index < -0.39 is 15.4 Å². The fraction of sp³-hybridized carbons (Fsp3) is 0.583. The predicted molar refractivity (Wildman–Crippen MR) is 89.1 cm³/mol. The monoisotopic (exact) mass is 362 g/mol. The van der Waals surface area contributed by atoms with Gasteiger partial charge >= 0.3 is 0 Å². The molecule has 22 heavy (non-hydrogen) atoms. The van der Waals surface area contributed by atoms with Crippen molar-refractivity contribution >= 4 is 44.0 Å². The lowest BCUT2D eigenvalue weighted by molar-refractivity contribution is -0.120. The van der Waals surface area contributed by atoms with E-state index in [4.69, 9.17) is 0 Å². The van der Waals surface area contributed by atoms with E-state index in [1.54, 1.807) is 13.0 Å². The predicted octanol–water partition coefficient (Wildman–Crippen LogP) is 0.921. The van der Waals surface area contributed by atoms with Crippen LogP contribution in [0.1, 0.15) is 13.3 Å². The van der Waals surface area contributed by atoms with E-state index in [0.29, 0.717) is 22.4 Å². The molecule has 0 saturated carbocycles. The van der Waals surface area contributed by atoms with E-state index in [9.17, 15) is 13.2 Å². The molecular weight excluding hydrogens is 344 g/mol. The van der Waals surface area contributed by atoms with Crippen LogP contribution in [0, 0.1) is 0 Å². The zero-order chi connectivity index (χ0) is 16.2. The SMILES string of the molecule is C=CCNc1nnc(SCC(=O)N[C@]2(C)CCS(=O)(=O)C2)s1. The first-order valence-electron chi connectivity index (χ1n) is 6.64. The van der Waals surface area contributed by atoms with Gasteiger partial charge in [-0.05, 0) is 13.3 Å². The van der Waals surface area contributed by atoms with E-state index in [2.05, 4.69) is 27.4 Å². The number of nitrogens with one attached hydrogen (secondary N) is 2. The van der Waals surface area contributed by atoms with E-state index in [1.165, 1.54) is 23.1 Å². The van der Waals surface area contributed by atoms with Crippen LogP contribution < -0.4 is 10.6 Å². The molecule has 2 N–H and O–H groups in total. The van der Waals surface area contributed by atoms with Gasteiger partial charge in [-0.15, -0.1) is 16.8 Å². The molecule has 1 fully saturated rings. The number of anilines is 1. The molecule has 0 spiro atoms. The van der Waals surface area contributed by atoms with E-state index >= 15 is 0 Å². The number of carbonyl (C=O) groups excluding carboxylic acids is 1. The van der Waals surface area contributed by atoms with Gasteiger partial charge in [0, 0.05) is 6.54 Å². The molecule has 1 aliphatic rings. The molecule has 0 unspecified atom stereocenters. The van der Waals surface area contributed by atoms with Crippen LogP contribution in [0.25, 0.3) is 0 Å². The van der Waals surface area contributed by atoms with Gasteiger partial charge in [-0.2, -0.15) is 0 Å². The minimum atomic E-state index is -3.03. The second-order valence-corrected chi connectivity index (χ2v) is 9.67. The third kappa shape index (κ3) is 4.96. The van der Waals surface area contributed by atoms with Gasteiger partial charge in [0.25, 0.3) is 0 Å². The van der Waals surface area contributed by atoms with Crippen LogP contribution in [-0.2, 0) is 14.6 Å². The smallest absolute Gasteiger partial charge is 0.230 e. The Morgan fingerprint density at radius 3 is 2.95 bits per heavy atom. The van der Waals surface area contributed by atoms with Crippen LogP contribution in [0.4, 0.5) is 5.13 Å². The summed E-state index contributed by atoms with van der Waals surface area (Å²) in [7, 11) is -3.03. The summed E-state index contributed by atoms with van der Waals surface area (Å²) in [6.07, 6.45) is 2.18. The van der Waals surface area contributed by atoms with Crippen molar-refractivity contribution in [2.24, 2.45) is 0 Å². The molecule has 1 saturated heterocycles. The first-order valence-corrected chi connectivity index (χ1v) is 10.3. The van der Waals surface area contributed by atoms with Crippen LogP contribution in [0.2, 0.25) is 0 Å². The molecule has 1 atom stereocenters. The highest BCUT2D eigenvalue weighted by molar-refractivity contribution is 8.01. The Balaban J connectivity index is 1.80. The fourth-order valence-electron chi connectivity index (χ4n) is 2.11. The largest absolute Gasteiger partial charge is 0.357 e. The normalized spacial score (nSPS) is 23.1. The second kappa shape index (κ2) is 6.97. The van der Waals surface area contributed by atoms with Gasteiger partial charge in [-0.25, -0.2) is 8.42 Å². The van der Waals surface area contributed by atoms with E-state index in [0.717, 1.165) is 0 Å². The number of thioether (sulfide) groups is 1. The Labute approximate surface area is 137 Å². The van der Waals surface area contributed by atoms with Crippen LogP contribution in [0.3, 0.4) is 0 Å². The number of carbonyl (C=O) groups is 1. The third-order valence-corrected chi connectivity index (χ3v) is 6.99. The summed E-state index contributed by atoms with van der Waals surface area (Å²) in [5, 5.41) is 14.4. The minimum absolute atomic E-state index is 0.00480. The lowest BCUT2D eigenvalue weighted by atomic mass is 10.0. The number of nitrogens with zero attached hydrogens (tertiary/aromatic N) is 2. The van der Waals surface area contributed by atoms with Crippen LogP contribution >= 0.6 is 23.1 Å². The first kappa shape index (κ1) is 17.2. The summed E-state index contributed by atoms with van der Waals surface area (Å²) in [5.41, 5.74) is -0.658. The van der Waals surface area contributed by atoms with Gasteiger partial charge < -0.3 is 10.6 Å². The van der Waals surface area contributed by atoms with Gasteiger partial charge in [0.15, 0.2) is 14.2 Å². The Kier molecular flexibility index (Phi) is 5.45. The zero-order valence-corrected chi connectivity index (χ0v) is 14.6. The maximum absolute atomic E-state index is 12.0. The topological polar surface area (TPSA) is 101 Å². The molecule has 0 aromatic carbocycles. The molecule has 1 aromatic heterocycles. The van der Waals surface area contributed by atoms with Crippen LogP contribution in [-0.4, -0.2) is 53.9 Å². The van der Waals surface area contributed by atoms with Crippen molar-refractivity contribution in [2.75, 3.05) is 29.1 Å². The summed E-state index contributed by atoms with van der Waals surface area (Å²) in [4.78, 5) is 12.0. The lowest BCUT2D eigenvalue weighted by Crippen LogP contribution is -2.47. The van der Waals surface area contributed by atoms with Crippen molar-refractivity contribution in [2.45, 2.75) is 23.2 Å². The van der Waals surface area contributed by atoms with E-state index in [-0.39, 0.29) is 23.2 Å². The molecule has 0 aliphatic carbocycles. The molecule has 2 rings (SSSR count). The molecule has 7 nitrogen and oxygen atoms in total. The fourth-order valence-corrected chi connectivity index (χ4v) is 5.76. The van der Waals surface area contributed by atoms with Crippen LogP contribution in [0.5, 0.6) is 0 Å². The third-order valence-electron chi connectivity index (χ3n) is 3.08. The average molecular weight is 363 g/mol. The highest BCUT2D eigenvalue weighted by Gasteiger charge is 2.39. The molecule has 2 heterocycles. The highest BCUT2D eigenvalue weighted by atomic mass is 32.2. The standard InChI is InChI=1S/C12H18N4O3S3/c1-3-5-13-10-15-16-11(21-10)20-7-9(17)14-12(2)4-6-22(18,19)8-12/h3H,1,4-8H2,2H3,(H,13,15)(H,14,17)/t12-/m1/s1. The number of amides is 1. The molecule has 1 aliphatic heterocycles. The summed E-state index contributed by atoms with van der Waals surface area (Å²) in [6.45, 7) is 5.97. The molecule has 0 radical (unpaired) electrons. The van der Waals surface area contributed by atoms with Crippen molar-refractivity contribution in [3.05, 3.63) is 12.7 Å². The van der Waals surface area contributed by atoms with Gasteiger partial charge in [0.2, 0.25) is 11.0 Å². The van der Waals surface area contributed by atoms with Gasteiger partial charge in [0.05, 0.1) is 22.8 Å². The Hall–Kier alpha value is -1.13. The highest BCUT2D eigenvalue weighted by Crippen LogP contribution is 2.26. The summed E-state index contributed by atoms with van der Waals surface area (Å²) < 4.78 is 23.7. The minimum Gasteiger partial charge on any atom is -0.357 e.